The summed E-state index contributed by atoms with van der Waals surface area (Å²) in [6.45, 7) is 6.21. The van der Waals surface area contributed by atoms with Gasteiger partial charge in [0.05, 0.1) is 12.1 Å². The zero-order chi connectivity index (χ0) is 26.0. The molecular formula is C28H41N3O5. The molecule has 2 unspecified atom stereocenters. The van der Waals surface area contributed by atoms with E-state index >= 15 is 0 Å². The van der Waals surface area contributed by atoms with Gasteiger partial charge in [0.25, 0.3) is 0 Å². The van der Waals surface area contributed by atoms with Gasteiger partial charge in [-0.3, -0.25) is 4.90 Å². The lowest BCUT2D eigenvalue weighted by atomic mass is 9.94. The van der Waals surface area contributed by atoms with Crippen molar-refractivity contribution < 1.29 is 24.2 Å². The van der Waals surface area contributed by atoms with Crippen LogP contribution in [-0.2, 0) is 9.47 Å². The molecule has 8 nitrogen and oxygen atoms in total. The van der Waals surface area contributed by atoms with Crippen molar-refractivity contribution in [3.63, 3.8) is 0 Å². The average molecular weight is 500 g/mol. The minimum absolute atomic E-state index is 0.130. The van der Waals surface area contributed by atoms with E-state index < -0.39 is 24.3 Å². The Morgan fingerprint density at radius 3 is 1.67 bits per heavy atom. The maximum atomic E-state index is 12.0. The van der Waals surface area contributed by atoms with E-state index in [4.69, 9.17) is 9.47 Å². The Morgan fingerprint density at radius 2 is 1.22 bits per heavy atom. The van der Waals surface area contributed by atoms with Crippen LogP contribution in [0.4, 0.5) is 9.59 Å². The van der Waals surface area contributed by atoms with Gasteiger partial charge in [0.1, 0.15) is 13.2 Å². The summed E-state index contributed by atoms with van der Waals surface area (Å²) < 4.78 is 10.8. The number of hydrogen-bond donors (Lipinski definition) is 3. The van der Waals surface area contributed by atoms with Crippen molar-refractivity contribution in [2.24, 2.45) is 0 Å². The van der Waals surface area contributed by atoms with Crippen molar-refractivity contribution in [2.75, 3.05) is 39.4 Å². The van der Waals surface area contributed by atoms with Gasteiger partial charge in [0, 0.05) is 26.2 Å². The fourth-order valence-electron chi connectivity index (χ4n) is 3.81. The Kier molecular flexibility index (Phi) is 14.0. The molecule has 0 aliphatic carbocycles. The number of aliphatic hydroxyl groups is 1. The summed E-state index contributed by atoms with van der Waals surface area (Å²) in [5.74, 6) is 0. The van der Waals surface area contributed by atoms with E-state index in [2.05, 4.69) is 24.5 Å². The number of nitrogens with zero attached hydrogens (tertiary/aromatic N) is 1. The number of hydrogen-bond acceptors (Lipinski definition) is 6. The van der Waals surface area contributed by atoms with Crippen molar-refractivity contribution in [2.45, 2.75) is 51.7 Å². The summed E-state index contributed by atoms with van der Waals surface area (Å²) in [6, 6.07) is 18.7. The summed E-state index contributed by atoms with van der Waals surface area (Å²) in [7, 11) is 0. The minimum Gasteiger partial charge on any atom is -0.448 e. The van der Waals surface area contributed by atoms with Gasteiger partial charge < -0.3 is 25.2 Å². The second kappa shape index (κ2) is 17.3. The van der Waals surface area contributed by atoms with E-state index in [0.29, 0.717) is 26.2 Å². The summed E-state index contributed by atoms with van der Waals surface area (Å²) >= 11 is 0. The molecule has 0 saturated carbocycles. The van der Waals surface area contributed by atoms with Gasteiger partial charge in [0.2, 0.25) is 0 Å². The van der Waals surface area contributed by atoms with E-state index in [-0.39, 0.29) is 13.2 Å². The quantitative estimate of drug-likeness (QED) is 0.287. The fraction of sp³-hybridized carbons (Fsp3) is 0.500. The number of amides is 2. The molecule has 0 radical (unpaired) electrons. The summed E-state index contributed by atoms with van der Waals surface area (Å²) in [4.78, 5) is 26.1. The molecule has 36 heavy (non-hydrogen) atoms. The maximum absolute atomic E-state index is 12.0. The van der Waals surface area contributed by atoms with Crippen LogP contribution in [0.3, 0.4) is 0 Å². The van der Waals surface area contributed by atoms with Crippen LogP contribution in [0.2, 0.25) is 0 Å². The largest absolute Gasteiger partial charge is 0.448 e. The van der Waals surface area contributed by atoms with Crippen molar-refractivity contribution in [3.05, 3.63) is 71.8 Å². The number of benzene rings is 2. The number of unbranched alkanes of at least 4 members (excludes halogenated alkanes) is 2. The van der Waals surface area contributed by atoms with Gasteiger partial charge in [0.15, 0.2) is 0 Å². The van der Waals surface area contributed by atoms with Crippen LogP contribution in [-0.4, -0.2) is 61.6 Å². The molecule has 0 aliphatic rings. The Balaban J connectivity index is 2.14. The lowest BCUT2D eigenvalue weighted by molar-refractivity contribution is 0.0227. The second-order valence-corrected chi connectivity index (χ2v) is 8.58. The molecule has 0 fully saturated rings. The van der Waals surface area contributed by atoms with E-state index in [1.807, 2.05) is 65.6 Å². The van der Waals surface area contributed by atoms with Crippen molar-refractivity contribution in [1.82, 2.24) is 15.5 Å². The number of carbonyl (C=O) groups is 2. The number of aliphatic hydroxyl groups excluding tert-OH is 1. The number of alkyl carbamates (subject to hydrolysis) is 2. The maximum Gasteiger partial charge on any atom is 0.407 e. The highest BCUT2D eigenvalue weighted by atomic mass is 16.6. The predicted molar refractivity (Wildman–Crippen MR) is 141 cm³/mol. The third-order valence-electron chi connectivity index (χ3n) is 5.80. The minimum atomic E-state index is -0.842. The van der Waals surface area contributed by atoms with Crippen LogP contribution in [0.5, 0.6) is 0 Å². The highest BCUT2D eigenvalue weighted by molar-refractivity contribution is 5.67. The number of carbonyl (C=O) groups excluding carboxylic acids is 2. The van der Waals surface area contributed by atoms with Crippen LogP contribution in [0, 0.1) is 0 Å². The highest BCUT2D eigenvalue weighted by Crippen LogP contribution is 2.34. The van der Waals surface area contributed by atoms with Crippen molar-refractivity contribution in [1.29, 1.82) is 0 Å². The zero-order valence-electron chi connectivity index (χ0n) is 21.5. The SMILES string of the molecule is CCCCNC(=O)OCCN(CCOC(=O)NCCCC)C(c1ccccc1)C(O)c1ccccc1. The Bertz CT molecular complexity index is 838. The molecule has 198 valence electrons. The van der Waals surface area contributed by atoms with E-state index in [1.54, 1.807) is 0 Å². The zero-order valence-corrected chi connectivity index (χ0v) is 21.5. The number of nitrogens with one attached hydrogen (secondary N) is 2. The molecule has 0 saturated heterocycles. The number of rotatable bonds is 16. The summed E-state index contributed by atoms with van der Waals surface area (Å²) in [6.07, 6.45) is 1.97. The standard InChI is InChI=1S/C28H41N3O5/c1-3-5-17-29-27(33)35-21-19-31(20-22-36-28(34)30-18-6-4-2)25(23-13-9-7-10-14-23)26(32)24-15-11-8-12-16-24/h7-16,25-26,32H,3-6,17-22H2,1-2H3,(H,29,33)(H,30,34). The first-order chi connectivity index (χ1) is 17.6. The smallest absolute Gasteiger partial charge is 0.407 e. The number of ether oxygens (including phenoxy) is 2. The van der Waals surface area contributed by atoms with Crippen LogP contribution in [0.15, 0.2) is 60.7 Å². The molecule has 0 aliphatic heterocycles. The third kappa shape index (κ3) is 10.7. The van der Waals surface area contributed by atoms with Gasteiger partial charge in [-0.1, -0.05) is 87.4 Å². The fourth-order valence-corrected chi connectivity index (χ4v) is 3.81. The molecule has 0 spiro atoms. The molecule has 0 aromatic heterocycles. The van der Waals surface area contributed by atoms with E-state index in [1.165, 1.54) is 0 Å². The predicted octanol–water partition coefficient (Wildman–Crippen LogP) is 4.82. The second-order valence-electron chi connectivity index (χ2n) is 8.58. The summed E-state index contributed by atoms with van der Waals surface area (Å²) in [5, 5.41) is 16.9. The van der Waals surface area contributed by atoms with Gasteiger partial charge in [-0.05, 0) is 24.0 Å². The van der Waals surface area contributed by atoms with Crippen LogP contribution in [0.1, 0.15) is 62.8 Å². The van der Waals surface area contributed by atoms with Gasteiger partial charge in [-0.2, -0.15) is 0 Å². The van der Waals surface area contributed by atoms with Crippen LogP contribution < -0.4 is 10.6 Å². The monoisotopic (exact) mass is 499 g/mol. The van der Waals surface area contributed by atoms with Crippen LogP contribution >= 0.6 is 0 Å². The molecule has 8 heteroatoms. The Hall–Kier alpha value is -3.10. The summed E-state index contributed by atoms with van der Waals surface area (Å²) in [5.41, 5.74) is 1.68. The molecule has 0 bridgehead atoms. The van der Waals surface area contributed by atoms with Crippen LogP contribution in [0.25, 0.3) is 0 Å². The average Bonchev–Trinajstić information content (AvgIpc) is 2.90. The molecule has 2 atom stereocenters. The van der Waals surface area contributed by atoms with Gasteiger partial charge >= 0.3 is 12.2 Å². The highest BCUT2D eigenvalue weighted by Gasteiger charge is 2.29. The Labute approximate surface area is 215 Å². The lowest BCUT2D eigenvalue weighted by Crippen LogP contribution is -2.39. The van der Waals surface area contributed by atoms with E-state index in [0.717, 1.165) is 36.8 Å². The molecular weight excluding hydrogens is 458 g/mol. The molecule has 0 heterocycles. The molecule has 2 rings (SSSR count). The topological polar surface area (TPSA) is 100 Å². The lowest BCUT2D eigenvalue weighted by Gasteiger charge is -2.35. The first kappa shape index (κ1) is 29.1. The van der Waals surface area contributed by atoms with E-state index in [9.17, 15) is 14.7 Å². The first-order valence-electron chi connectivity index (χ1n) is 12.9. The van der Waals surface area contributed by atoms with Gasteiger partial charge in [-0.15, -0.1) is 0 Å². The van der Waals surface area contributed by atoms with Crippen molar-refractivity contribution in [3.8, 4) is 0 Å². The molecule has 2 aromatic carbocycles. The third-order valence-corrected chi connectivity index (χ3v) is 5.80. The Morgan fingerprint density at radius 1 is 0.778 bits per heavy atom. The molecule has 2 aromatic rings. The molecule has 3 N–H and O–H groups in total. The normalized spacial score (nSPS) is 12.6. The molecule has 2 amide bonds. The first-order valence-corrected chi connectivity index (χ1v) is 12.9. The van der Waals surface area contributed by atoms with Crippen molar-refractivity contribution >= 4 is 12.2 Å². The van der Waals surface area contributed by atoms with Gasteiger partial charge in [-0.25, -0.2) is 9.59 Å².